The van der Waals surface area contributed by atoms with E-state index in [1.807, 2.05) is 23.8 Å². The van der Waals surface area contributed by atoms with E-state index in [-0.39, 0.29) is 4.90 Å². The second kappa shape index (κ2) is 7.48. The molecular formula is C13H18N4O2S2. The minimum atomic E-state index is -3.55. The Morgan fingerprint density at radius 3 is 2.62 bits per heavy atom. The summed E-state index contributed by atoms with van der Waals surface area (Å²) < 4.78 is 26.7. The van der Waals surface area contributed by atoms with Gasteiger partial charge in [-0.1, -0.05) is 6.92 Å². The summed E-state index contributed by atoms with van der Waals surface area (Å²) in [5, 5.41) is 6.98. The molecule has 2 heterocycles. The van der Waals surface area contributed by atoms with Gasteiger partial charge in [-0.2, -0.15) is 11.3 Å². The Balaban J connectivity index is 1.92. The second-order valence-electron chi connectivity index (χ2n) is 4.45. The van der Waals surface area contributed by atoms with Gasteiger partial charge in [-0.05, 0) is 35.2 Å². The third-order valence-electron chi connectivity index (χ3n) is 2.76. The Kier molecular flexibility index (Phi) is 5.66. The lowest BCUT2D eigenvalue weighted by Gasteiger charge is -2.07. The maximum Gasteiger partial charge on any atom is 0.243 e. The molecule has 0 bridgehead atoms. The predicted octanol–water partition coefficient (Wildman–Crippen LogP) is 1.88. The summed E-state index contributed by atoms with van der Waals surface area (Å²) >= 11 is 1.60. The van der Waals surface area contributed by atoms with Crippen LogP contribution < -0.4 is 10.0 Å². The Bertz CT molecular complexity index is 639. The van der Waals surface area contributed by atoms with Crippen LogP contribution in [0.2, 0.25) is 0 Å². The van der Waals surface area contributed by atoms with Crippen LogP contribution in [0.5, 0.6) is 0 Å². The van der Waals surface area contributed by atoms with Crippen molar-refractivity contribution in [1.29, 1.82) is 0 Å². The van der Waals surface area contributed by atoms with Gasteiger partial charge in [-0.3, -0.25) is 0 Å². The van der Waals surface area contributed by atoms with Crippen molar-refractivity contribution in [3.8, 4) is 0 Å². The average molecular weight is 326 g/mol. The summed E-state index contributed by atoms with van der Waals surface area (Å²) in [6, 6.07) is 1.98. The quantitative estimate of drug-likeness (QED) is 0.774. The summed E-state index contributed by atoms with van der Waals surface area (Å²) in [5.74, 6) is 0.439. The van der Waals surface area contributed by atoms with Crippen molar-refractivity contribution in [3.05, 3.63) is 34.8 Å². The van der Waals surface area contributed by atoms with Crippen molar-refractivity contribution in [1.82, 2.24) is 14.7 Å². The van der Waals surface area contributed by atoms with E-state index < -0.39 is 10.0 Å². The largest absolute Gasteiger partial charge is 0.354 e. The summed E-state index contributed by atoms with van der Waals surface area (Å²) in [7, 11) is -3.55. The Morgan fingerprint density at radius 1 is 1.24 bits per heavy atom. The SMILES string of the molecule is CCCNc1ncc(S(=O)(=O)NCCc2ccsc2)cn1. The average Bonchev–Trinajstić information content (AvgIpc) is 2.98. The molecule has 0 spiro atoms. The summed E-state index contributed by atoms with van der Waals surface area (Å²) in [6.07, 6.45) is 4.25. The van der Waals surface area contributed by atoms with Crippen LogP contribution in [0, 0.1) is 0 Å². The van der Waals surface area contributed by atoms with Gasteiger partial charge < -0.3 is 5.32 Å². The predicted molar refractivity (Wildman–Crippen MR) is 84.0 cm³/mol. The van der Waals surface area contributed by atoms with Crippen LogP contribution in [-0.4, -0.2) is 31.5 Å². The number of sulfonamides is 1. The van der Waals surface area contributed by atoms with E-state index in [9.17, 15) is 8.42 Å². The topological polar surface area (TPSA) is 84.0 Å². The van der Waals surface area contributed by atoms with Crippen molar-refractivity contribution in [2.75, 3.05) is 18.4 Å². The molecule has 0 saturated carbocycles. The van der Waals surface area contributed by atoms with Gasteiger partial charge in [0.05, 0.1) is 12.4 Å². The fraction of sp³-hybridized carbons (Fsp3) is 0.385. The zero-order chi connectivity index (χ0) is 15.1. The van der Waals surface area contributed by atoms with Crippen LogP contribution in [0.3, 0.4) is 0 Å². The molecule has 8 heteroatoms. The van der Waals surface area contributed by atoms with Crippen LogP contribution in [0.1, 0.15) is 18.9 Å². The summed E-state index contributed by atoms with van der Waals surface area (Å²) in [6.45, 7) is 3.14. The molecule has 0 atom stereocenters. The third kappa shape index (κ3) is 4.76. The van der Waals surface area contributed by atoms with Crippen molar-refractivity contribution >= 4 is 27.3 Å². The first-order valence-corrected chi connectivity index (χ1v) is 9.11. The number of anilines is 1. The maximum absolute atomic E-state index is 12.1. The Hall–Kier alpha value is -1.51. The molecule has 114 valence electrons. The number of rotatable bonds is 8. The number of thiophene rings is 1. The summed E-state index contributed by atoms with van der Waals surface area (Å²) in [4.78, 5) is 8.08. The minimum absolute atomic E-state index is 0.0786. The van der Waals surface area contributed by atoms with Gasteiger partial charge in [-0.15, -0.1) is 0 Å². The standard InChI is InChI=1S/C13H18N4O2S2/c1-2-5-14-13-15-8-12(9-16-13)21(18,19)17-6-3-11-4-7-20-10-11/h4,7-10,17H,2-3,5-6H2,1H3,(H,14,15,16). The number of hydrogen-bond acceptors (Lipinski definition) is 6. The monoisotopic (exact) mass is 326 g/mol. The summed E-state index contributed by atoms with van der Waals surface area (Å²) in [5.41, 5.74) is 1.12. The molecule has 0 saturated heterocycles. The lowest BCUT2D eigenvalue weighted by Crippen LogP contribution is -2.26. The lowest BCUT2D eigenvalue weighted by atomic mass is 10.2. The highest BCUT2D eigenvalue weighted by Gasteiger charge is 2.14. The molecule has 21 heavy (non-hydrogen) atoms. The fourth-order valence-electron chi connectivity index (χ4n) is 1.63. The number of nitrogens with zero attached hydrogens (tertiary/aromatic N) is 2. The highest BCUT2D eigenvalue weighted by Crippen LogP contribution is 2.09. The van der Waals surface area contributed by atoms with E-state index in [1.165, 1.54) is 12.4 Å². The van der Waals surface area contributed by atoms with Crippen molar-refractivity contribution < 1.29 is 8.42 Å². The number of nitrogens with one attached hydrogen (secondary N) is 2. The molecule has 0 aromatic carbocycles. The number of aromatic nitrogens is 2. The second-order valence-corrected chi connectivity index (χ2v) is 7.00. The van der Waals surface area contributed by atoms with E-state index in [4.69, 9.17) is 0 Å². The van der Waals surface area contributed by atoms with Crippen LogP contribution >= 0.6 is 11.3 Å². The van der Waals surface area contributed by atoms with E-state index in [1.54, 1.807) is 11.3 Å². The minimum Gasteiger partial charge on any atom is -0.354 e. The van der Waals surface area contributed by atoms with Crippen LogP contribution in [0.15, 0.2) is 34.1 Å². The smallest absolute Gasteiger partial charge is 0.243 e. The molecule has 0 aliphatic carbocycles. The van der Waals surface area contributed by atoms with Gasteiger partial charge in [0, 0.05) is 13.1 Å². The van der Waals surface area contributed by atoms with E-state index in [2.05, 4.69) is 20.0 Å². The van der Waals surface area contributed by atoms with Crippen LogP contribution in [0.25, 0.3) is 0 Å². The van der Waals surface area contributed by atoms with E-state index in [0.29, 0.717) is 18.9 Å². The van der Waals surface area contributed by atoms with Crippen molar-refractivity contribution in [2.24, 2.45) is 0 Å². The van der Waals surface area contributed by atoms with Gasteiger partial charge in [0.15, 0.2) is 0 Å². The molecule has 2 N–H and O–H groups in total. The third-order valence-corrected chi connectivity index (χ3v) is 4.91. The first-order valence-electron chi connectivity index (χ1n) is 6.68. The van der Waals surface area contributed by atoms with Crippen LogP contribution in [0.4, 0.5) is 5.95 Å². The molecule has 2 aromatic heterocycles. The molecule has 6 nitrogen and oxygen atoms in total. The highest BCUT2D eigenvalue weighted by molar-refractivity contribution is 7.89. The van der Waals surface area contributed by atoms with Gasteiger partial charge in [0.1, 0.15) is 4.90 Å². The highest BCUT2D eigenvalue weighted by atomic mass is 32.2. The first kappa shape index (κ1) is 15.9. The van der Waals surface area contributed by atoms with Gasteiger partial charge in [0.25, 0.3) is 0 Å². The van der Waals surface area contributed by atoms with E-state index >= 15 is 0 Å². The lowest BCUT2D eigenvalue weighted by molar-refractivity contribution is 0.580. The number of hydrogen-bond donors (Lipinski definition) is 2. The van der Waals surface area contributed by atoms with Crippen LogP contribution in [-0.2, 0) is 16.4 Å². The molecule has 0 unspecified atom stereocenters. The van der Waals surface area contributed by atoms with Gasteiger partial charge in [-0.25, -0.2) is 23.1 Å². The zero-order valence-electron chi connectivity index (χ0n) is 11.7. The Labute approximate surface area is 128 Å². The van der Waals surface area contributed by atoms with Gasteiger partial charge in [0.2, 0.25) is 16.0 Å². The fourth-order valence-corrected chi connectivity index (χ4v) is 3.25. The molecule has 2 aromatic rings. The molecule has 0 aliphatic rings. The Morgan fingerprint density at radius 2 is 2.00 bits per heavy atom. The van der Waals surface area contributed by atoms with Gasteiger partial charge >= 0.3 is 0 Å². The first-order chi connectivity index (χ1) is 10.1. The molecular weight excluding hydrogens is 308 g/mol. The molecule has 0 radical (unpaired) electrons. The maximum atomic E-state index is 12.1. The molecule has 2 rings (SSSR count). The zero-order valence-corrected chi connectivity index (χ0v) is 13.4. The molecule has 0 aliphatic heterocycles. The van der Waals surface area contributed by atoms with Crippen molar-refractivity contribution in [3.63, 3.8) is 0 Å². The normalized spacial score (nSPS) is 11.5. The van der Waals surface area contributed by atoms with Crippen molar-refractivity contribution in [2.45, 2.75) is 24.7 Å². The molecule has 0 fully saturated rings. The molecule has 0 amide bonds. The van der Waals surface area contributed by atoms with E-state index in [0.717, 1.165) is 18.5 Å².